The maximum Gasteiger partial charge on any atom is 0.193 e. The number of aliphatic imine (C=N–C) groups is 1. The molecule has 2 aliphatic rings. The van der Waals surface area contributed by atoms with E-state index in [0.29, 0.717) is 5.41 Å². The summed E-state index contributed by atoms with van der Waals surface area (Å²) >= 11 is 0. The lowest BCUT2D eigenvalue weighted by Crippen LogP contribution is -2.41. The van der Waals surface area contributed by atoms with Gasteiger partial charge in [0.2, 0.25) is 0 Å². The van der Waals surface area contributed by atoms with Gasteiger partial charge in [-0.05, 0) is 31.9 Å². The summed E-state index contributed by atoms with van der Waals surface area (Å²) in [6.07, 6.45) is 3.22. The molecule has 1 aromatic carbocycles. The minimum Gasteiger partial charge on any atom is -0.461 e. The molecule has 25 heavy (non-hydrogen) atoms. The summed E-state index contributed by atoms with van der Waals surface area (Å²) in [4.78, 5) is 7.25. The van der Waals surface area contributed by atoms with Crippen LogP contribution in [-0.2, 0) is 11.2 Å². The van der Waals surface area contributed by atoms with E-state index >= 15 is 0 Å². The van der Waals surface area contributed by atoms with E-state index in [4.69, 9.17) is 14.1 Å². The van der Waals surface area contributed by atoms with E-state index in [-0.39, 0.29) is 0 Å². The van der Waals surface area contributed by atoms with E-state index in [2.05, 4.69) is 29.3 Å². The largest absolute Gasteiger partial charge is 0.461 e. The van der Waals surface area contributed by atoms with Crippen molar-refractivity contribution in [3.8, 4) is 0 Å². The smallest absolute Gasteiger partial charge is 0.193 e. The van der Waals surface area contributed by atoms with Gasteiger partial charge in [-0.2, -0.15) is 0 Å². The predicted octanol–water partition coefficient (Wildman–Crippen LogP) is 3.05. The van der Waals surface area contributed by atoms with Crippen LogP contribution in [0.25, 0.3) is 11.0 Å². The molecule has 5 heteroatoms. The molecule has 3 heterocycles. The molecular formula is C20H27N3O2. The van der Waals surface area contributed by atoms with Crippen LogP contribution in [0.15, 0.2) is 39.7 Å². The van der Waals surface area contributed by atoms with Gasteiger partial charge in [-0.1, -0.05) is 18.2 Å². The normalized spacial score (nSPS) is 23.9. The van der Waals surface area contributed by atoms with Crippen LogP contribution in [0, 0.1) is 5.41 Å². The summed E-state index contributed by atoms with van der Waals surface area (Å²) in [5, 5.41) is 4.61. The van der Waals surface area contributed by atoms with Crippen LogP contribution in [0.1, 0.15) is 25.5 Å². The fourth-order valence-corrected chi connectivity index (χ4v) is 3.95. The van der Waals surface area contributed by atoms with Crippen LogP contribution in [0.4, 0.5) is 0 Å². The van der Waals surface area contributed by atoms with Crippen molar-refractivity contribution in [2.75, 3.05) is 39.4 Å². The molecular weight excluding hydrogens is 314 g/mol. The van der Waals surface area contributed by atoms with E-state index in [1.165, 1.54) is 12.8 Å². The van der Waals surface area contributed by atoms with Crippen molar-refractivity contribution in [2.24, 2.45) is 10.4 Å². The van der Waals surface area contributed by atoms with Crippen LogP contribution in [0.5, 0.6) is 0 Å². The number of nitrogens with one attached hydrogen (secondary N) is 1. The van der Waals surface area contributed by atoms with E-state index in [1.54, 1.807) is 0 Å². The number of para-hydroxylation sites is 1. The number of fused-ring (bicyclic) bond motifs is 1. The predicted molar refractivity (Wildman–Crippen MR) is 100.0 cm³/mol. The van der Waals surface area contributed by atoms with Gasteiger partial charge in [-0.25, -0.2) is 0 Å². The third-order valence-corrected chi connectivity index (χ3v) is 5.35. The van der Waals surface area contributed by atoms with Gasteiger partial charge >= 0.3 is 0 Å². The minimum atomic E-state index is 0.356. The number of ether oxygens (including phenoxy) is 1. The average Bonchev–Trinajstić information content (AvgIpc) is 3.35. The Morgan fingerprint density at radius 3 is 3.04 bits per heavy atom. The van der Waals surface area contributed by atoms with Crippen LogP contribution in [0.3, 0.4) is 0 Å². The number of hydrogen-bond donors (Lipinski definition) is 1. The second kappa shape index (κ2) is 7.08. The third-order valence-electron chi connectivity index (χ3n) is 5.35. The maximum absolute atomic E-state index is 5.89. The Morgan fingerprint density at radius 1 is 1.32 bits per heavy atom. The molecule has 1 unspecified atom stereocenters. The molecule has 1 aromatic heterocycles. The molecule has 1 atom stereocenters. The zero-order chi connectivity index (χ0) is 17.1. The van der Waals surface area contributed by atoms with Crippen molar-refractivity contribution in [3.05, 3.63) is 36.1 Å². The molecule has 134 valence electrons. The number of nitrogens with zero attached hydrogens (tertiary/aromatic N) is 2. The van der Waals surface area contributed by atoms with Crippen molar-refractivity contribution < 1.29 is 9.15 Å². The molecule has 1 spiro atoms. The highest BCUT2D eigenvalue weighted by Crippen LogP contribution is 2.38. The lowest BCUT2D eigenvalue weighted by Gasteiger charge is -2.24. The first-order valence-corrected chi connectivity index (χ1v) is 9.36. The Balaban J connectivity index is 1.40. The van der Waals surface area contributed by atoms with Gasteiger partial charge in [0.25, 0.3) is 0 Å². The number of furan rings is 1. The third kappa shape index (κ3) is 3.52. The molecule has 2 aliphatic heterocycles. The van der Waals surface area contributed by atoms with Gasteiger partial charge in [-0.15, -0.1) is 0 Å². The number of rotatable bonds is 4. The lowest BCUT2D eigenvalue weighted by molar-refractivity contribution is 0.156. The van der Waals surface area contributed by atoms with E-state index in [9.17, 15) is 0 Å². The molecule has 2 saturated heterocycles. The molecule has 0 amide bonds. The SMILES string of the molecule is CCNC(=NCCc1cc2ccccc2o1)N1CCC2(CCOC2)C1. The molecule has 0 aliphatic carbocycles. The second-order valence-corrected chi connectivity index (χ2v) is 7.21. The Labute approximate surface area is 149 Å². The van der Waals surface area contributed by atoms with Crippen LogP contribution >= 0.6 is 0 Å². The Hall–Kier alpha value is -2.01. The van der Waals surface area contributed by atoms with Gasteiger partial charge in [0, 0.05) is 50.0 Å². The van der Waals surface area contributed by atoms with Gasteiger partial charge in [0.1, 0.15) is 11.3 Å². The number of guanidine groups is 1. The van der Waals surface area contributed by atoms with Crippen molar-refractivity contribution in [3.63, 3.8) is 0 Å². The van der Waals surface area contributed by atoms with Crippen LogP contribution in [0.2, 0.25) is 0 Å². The molecule has 5 nitrogen and oxygen atoms in total. The zero-order valence-electron chi connectivity index (χ0n) is 15.0. The molecule has 0 bridgehead atoms. The van der Waals surface area contributed by atoms with Crippen LogP contribution in [-0.4, -0.2) is 50.3 Å². The number of hydrogen-bond acceptors (Lipinski definition) is 3. The summed E-state index contributed by atoms with van der Waals surface area (Å²) in [6, 6.07) is 10.3. The molecule has 2 aromatic rings. The van der Waals surface area contributed by atoms with Gasteiger partial charge in [0.05, 0.1) is 6.61 Å². The molecule has 0 radical (unpaired) electrons. The van der Waals surface area contributed by atoms with Crippen molar-refractivity contribution in [1.82, 2.24) is 10.2 Å². The quantitative estimate of drug-likeness (QED) is 0.686. The molecule has 1 N–H and O–H groups in total. The number of likely N-dealkylation sites (tertiary alicyclic amines) is 1. The Morgan fingerprint density at radius 2 is 2.24 bits per heavy atom. The second-order valence-electron chi connectivity index (χ2n) is 7.21. The highest BCUT2D eigenvalue weighted by molar-refractivity contribution is 5.80. The monoisotopic (exact) mass is 341 g/mol. The van der Waals surface area contributed by atoms with E-state index < -0.39 is 0 Å². The Bertz CT molecular complexity index is 713. The first kappa shape index (κ1) is 16.5. The van der Waals surface area contributed by atoms with Gasteiger partial charge in [0.15, 0.2) is 5.96 Å². The standard InChI is InChI=1S/C20H27N3O2/c1-2-21-19(23-11-8-20(14-23)9-12-24-15-20)22-10-7-17-13-16-5-3-4-6-18(16)25-17/h3-6,13H,2,7-12,14-15H2,1H3,(H,21,22). The highest BCUT2D eigenvalue weighted by atomic mass is 16.5. The number of benzene rings is 1. The van der Waals surface area contributed by atoms with Crippen molar-refractivity contribution in [1.29, 1.82) is 0 Å². The Kier molecular flexibility index (Phi) is 4.66. The molecule has 0 saturated carbocycles. The molecule has 2 fully saturated rings. The first-order valence-electron chi connectivity index (χ1n) is 9.36. The van der Waals surface area contributed by atoms with E-state index in [0.717, 1.165) is 68.5 Å². The topological polar surface area (TPSA) is 50.0 Å². The van der Waals surface area contributed by atoms with Crippen molar-refractivity contribution in [2.45, 2.75) is 26.2 Å². The molecule has 4 rings (SSSR count). The average molecular weight is 341 g/mol. The summed E-state index contributed by atoms with van der Waals surface area (Å²) in [5.41, 5.74) is 1.31. The van der Waals surface area contributed by atoms with Crippen molar-refractivity contribution >= 4 is 16.9 Å². The van der Waals surface area contributed by atoms with Crippen LogP contribution < -0.4 is 5.32 Å². The minimum absolute atomic E-state index is 0.356. The summed E-state index contributed by atoms with van der Waals surface area (Å²) < 4.78 is 11.5. The zero-order valence-corrected chi connectivity index (χ0v) is 15.0. The van der Waals surface area contributed by atoms with Gasteiger partial charge in [-0.3, -0.25) is 4.99 Å². The van der Waals surface area contributed by atoms with Gasteiger partial charge < -0.3 is 19.4 Å². The summed E-state index contributed by atoms with van der Waals surface area (Å²) in [5.74, 6) is 2.03. The summed E-state index contributed by atoms with van der Waals surface area (Å²) in [7, 11) is 0. The fourth-order valence-electron chi connectivity index (χ4n) is 3.95. The highest BCUT2D eigenvalue weighted by Gasteiger charge is 2.42. The first-order chi connectivity index (χ1) is 12.3. The fraction of sp³-hybridized carbons (Fsp3) is 0.550. The van der Waals surface area contributed by atoms with E-state index in [1.807, 2.05) is 18.2 Å². The summed E-state index contributed by atoms with van der Waals surface area (Å²) in [6.45, 7) is 7.70. The maximum atomic E-state index is 5.89. The lowest BCUT2D eigenvalue weighted by atomic mass is 9.87.